The minimum atomic E-state index is -0.434. The van der Waals surface area contributed by atoms with Crippen LogP contribution < -0.4 is 0 Å². The fourth-order valence-electron chi connectivity index (χ4n) is 2.97. The van der Waals surface area contributed by atoms with Crippen LogP contribution in [0.2, 0.25) is 0 Å². The first-order valence-corrected chi connectivity index (χ1v) is 10.8. The van der Waals surface area contributed by atoms with Crippen molar-refractivity contribution in [3.8, 4) is 0 Å². The third kappa shape index (κ3) is 9.88. The van der Waals surface area contributed by atoms with Crippen molar-refractivity contribution in [2.75, 3.05) is 26.2 Å². The number of ether oxygens (including phenoxy) is 1. The van der Waals surface area contributed by atoms with Gasteiger partial charge in [0.15, 0.2) is 0 Å². The Bertz CT molecular complexity index is 479. The lowest BCUT2D eigenvalue weighted by Crippen LogP contribution is -2.49. The average molecular weight is 381 g/mol. The van der Waals surface area contributed by atoms with E-state index in [1.165, 1.54) is 17.7 Å². The maximum Gasteiger partial charge on any atom is 0.410 e. The second-order valence-electron chi connectivity index (χ2n) is 8.12. The quantitative estimate of drug-likeness (QED) is 0.511. The smallest absolute Gasteiger partial charge is 0.410 e. The second kappa shape index (κ2) is 12.9. The lowest BCUT2D eigenvalue weighted by atomic mass is 9.97. The van der Waals surface area contributed by atoms with Gasteiger partial charge in [-0.2, -0.15) is 0 Å². The van der Waals surface area contributed by atoms with Crippen LogP contribution >= 0.6 is 0 Å². The van der Waals surface area contributed by atoms with E-state index in [0.29, 0.717) is 19.0 Å². The summed E-state index contributed by atoms with van der Waals surface area (Å²) in [5, 5.41) is 0. The Morgan fingerprint density at radius 2 is 1.56 bits per heavy atom. The predicted molar refractivity (Wildman–Crippen MR) is 117 cm³/mol. The van der Waals surface area contributed by atoms with Crippen molar-refractivity contribution in [1.82, 2.24) is 9.80 Å². The zero-order valence-corrected chi connectivity index (χ0v) is 19.4. The van der Waals surface area contributed by atoms with Gasteiger partial charge in [0.2, 0.25) is 0 Å². The molecule has 1 saturated heterocycles. The number of carbonyl (C=O) groups excluding carboxylic acids is 1. The molecule has 0 radical (unpaired) electrons. The molecule has 0 unspecified atom stereocenters. The molecule has 4 nitrogen and oxygen atoms in total. The topological polar surface area (TPSA) is 32.8 Å². The molecule has 1 rings (SSSR count). The summed E-state index contributed by atoms with van der Waals surface area (Å²) in [7, 11) is 0. The van der Waals surface area contributed by atoms with Crippen LogP contribution in [0.1, 0.15) is 81.6 Å². The Morgan fingerprint density at radius 3 is 1.96 bits per heavy atom. The highest BCUT2D eigenvalue weighted by molar-refractivity contribution is 5.68. The number of allylic oxidation sites excluding steroid dienone is 3. The molecule has 0 saturated carbocycles. The molecule has 4 heteroatoms. The Morgan fingerprint density at radius 1 is 1.04 bits per heavy atom. The summed E-state index contributed by atoms with van der Waals surface area (Å²) >= 11 is 0. The number of piperazine rings is 1. The van der Waals surface area contributed by atoms with Crippen molar-refractivity contribution in [2.45, 2.75) is 87.2 Å². The zero-order chi connectivity index (χ0) is 21.0. The van der Waals surface area contributed by atoms with Gasteiger partial charge in [0, 0.05) is 31.9 Å². The van der Waals surface area contributed by atoms with Crippen LogP contribution in [0.15, 0.2) is 23.4 Å². The van der Waals surface area contributed by atoms with Crippen LogP contribution in [0, 0.1) is 5.92 Å². The number of carbonyl (C=O) groups is 1. The molecule has 158 valence electrons. The monoisotopic (exact) mass is 380 g/mol. The molecular formula is C23H44N2O2. The van der Waals surface area contributed by atoms with Gasteiger partial charge in [-0.05, 0) is 45.6 Å². The van der Waals surface area contributed by atoms with E-state index < -0.39 is 5.60 Å². The minimum absolute atomic E-state index is 0.197. The molecule has 1 aliphatic rings. The van der Waals surface area contributed by atoms with Crippen LogP contribution in [0.3, 0.4) is 0 Å². The molecule has 0 aromatic rings. The zero-order valence-electron chi connectivity index (χ0n) is 19.4. The summed E-state index contributed by atoms with van der Waals surface area (Å²) in [6.45, 7) is 21.8. The predicted octanol–water partition coefficient (Wildman–Crippen LogP) is 6.24. The van der Waals surface area contributed by atoms with E-state index in [2.05, 4.69) is 44.7 Å². The van der Waals surface area contributed by atoms with E-state index in [-0.39, 0.29) is 6.09 Å². The summed E-state index contributed by atoms with van der Waals surface area (Å²) in [6.07, 6.45) is 7.84. The lowest BCUT2D eigenvalue weighted by Gasteiger charge is -2.37. The number of hydrogen-bond acceptors (Lipinski definition) is 3. The molecule has 0 atom stereocenters. The van der Waals surface area contributed by atoms with Gasteiger partial charge in [0.1, 0.15) is 5.60 Å². The highest BCUT2D eigenvalue weighted by Crippen LogP contribution is 2.22. The van der Waals surface area contributed by atoms with E-state index >= 15 is 0 Å². The van der Waals surface area contributed by atoms with Crippen molar-refractivity contribution in [2.24, 2.45) is 5.92 Å². The first-order chi connectivity index (χ1) is 12.7. The van der Waals surface area contributed by atoms with Crippen LogP contribution in [-0.2, 0) is 4.74 Å². The van der Waals surface area contributed by atoms with Crippen LogP contribution in [0.25, 0.3) is 0 Å². The van der Waals surface area contributed by atoms with Gasteiger partial charge >= 0.3 is 6.09 Å². The maximum atomic E-state index is 12.2. The third-order valence-corrected chi connectivity index (χ3v) is 4.32. The van der Waals surface area contributed by atoms with Crippen molar-refractivity contribution in [1.29, 1.82) is 0 Å². The third-order valence-electron chi connectivity index (χ3n) is 4.32. The van der Waals surface area contributed by atoms with E-state index in [1.807, 2.05) is 39.5 Å². The molecule has 0 spiro atoms. The van der Waals surface area contributed by atoms with Crippen molar-refractivity contribution in [3.63, 3.8) is 0 Å². The van der Waals surface area contributed by atoms with Gasteiger partial charge in [-0.25, -0.2) is 4.79 Å². The van der Waals surface area contributed by atoms with Gasteiger partial charge < -0.3 is 14.5 Å². The minimum Gasteiger partial charge on any atom is -0.444 e. The van der Waals surface area contributed by atoms with Crippen LogP contribution in [0.4, 0.5) is 4.79 Å². The van der Waals surface area contributed by atoms with Gasteiger partial charge in [-0.1, -0.05) is 59.6 Å². The molecule has 0 aromatic carbocycles. The largest absolute Gasteiger partial charge is 0.444 e. The Kier molecular flexibility index (Phi) is 12.2. The molecule has 0 N–H and O–H groups in total. The first kappa shape index (κ1) is 25.6. The average Bonchev–Trinajstić information content (AvgIpc) is 2.61. The molecule has 1 aliphatic heterocycles. The Hall–Kier alpha value is -1.45. The van der Waals surface area contributed by atoms with Crippen LogP contribution in [0.5, 0.6) is 0 Å². The molecule has 27 heavy (non-hydrogen) atoms. The summed E-state index contributed by atoms with van der Waals surface area (Å²) < 4.78 is 5.49. The van der Waals surface area contributed by atoms with E-state index in [4.69, 9.17) is 4.74 Å². The van der Waals surface area contributed by atoms with Gasteiger partial charge in [-0.3, -0.25) is 0 Å². The Labute approximate surface area is 168 Å². The van der Waals surface area contributed by atoms with Crippen molar-refractivity contribution < 1.29 is 9.53 Å². The van der Waals surface area contributed by atoms with Gasteiger partial charge in [0.25, 0.3) is 0 Å². The fraction of sp³-hybridized carbons (Fsp3) is 0.783. The van der Waals surface area contributed by atoms with Gasteiger partial charge in [-0.15, -0.1) is 0 Å². The fourth-order valence-corrected chi connectivity index (χ4v) is 2.97. The summed E-state index contributed by atoms with van der Waals surface area (Å²) in [4.78, 5) is 16.5. The Balaban J connectivity index is 0.00000326. The summed E-state index contributed by atoms with van der Waals surface area (Å²) in [6, 6.07) is 0. The highest BCUT2D eigenvalue weighted by atomic mass is 16.6. The first-order valence-electron chi connectivity index (χ1n) is 10.8. The summed E-state index contributed by atoms with van der Waals surface area (Å²) in [5.74, 6) is 0.572. The van der Waals surface area contributed by atoms with Crippen LogP contribution in [-0.4, -0.2) is 47.7 Å². The molecule has 1 amide bonds. The molecule has 0 aromatic heterocycles. The standard InChI is InChI=1S/C21H38N2O2.C2H6/c1-8-10-18(17(3)4)16-19(11-9-2)22-12-14-23(15-13-22)20(24)25-21(5,6)7;1-2/h11,16-17H,8-10,12-15H2,1-7H3;1-2H3/b18-16+,19-11-;. The molecule has 0 aliphatic carbocycles. The number of amides is 1. The molecule has 1 heterocycles. The maximum absolute atomic E-state index is 12.2. The number of rotatable bonds is 6. The van der Waals surface area contributed by atoms with E-state index in [1.54, 1.807) is 0 Å². The highest BCUT2D eigenvalue weighted by Gasteiger charge is 2.26. The SMILES string of the molecule is CC.CC/C=C(/C=C(\CCC)C(C)C)N1CCN(C(=O)OC(C)(C)C)CC1. The van der Waals surface area contributed by atoms with Gasteiger partial charge in [0.05, 0.1) is 0 Å². The number of hydrogen-bond donors (Lipinski definition) is 0. The second-order valence-corrected chi connectivity index (χ2v) is 8.12. The van der Waals surface area contributed by atoms with Crippen molar-refractivity contribution in [3.05, 3.63) is 23.4 Å². The van der Waals surface area contributed by atoms with E-state index in [0.717, 1.165) is 25.9 Å². The molecule has 1 fully saturated rings. The summed E-state index contributed by atoms with van der Waals surface area (Å²) in [5.41, 5.74) is 2.39. The van der Waals surface area contributed by atoms with Crippen molar-refractivity contribution >= 4 is 6.09 Å². The number of nitrogens with zero attached hydrogens (tertiary/aromatic N) is 2. The molecular weight excluding hydrogens is 336 g/mol. The normalized spacial score (nSPS) is 16.2. The lowest BCUT2D eigenvalue weighted by molar-refractivity contribution is 0.0171. The van der Waals surface area contributed by atoms with E-state index in [9.17, 15) is 4.79 Å². The molecule has 0 bridgehead atoms.